The molecule has 0 bridgehead atoms. The third kappa shape index (κ3) is 34.5. The molecule has 0 saturated heterocycles. The Hall–Kier alpha value is -1.84. The second-order valence-electron chi connectivity index (χ2n) is 12.4. The third-order valence-electron chi connectivity index (χ3n) is 8.05. The molecule has 0 rings (SSSR count). The summed E-state index contributed by atoms with van der Waals surface area (Å²) in [5, 5.41) is 8.75. The first-order valence-corrected chi connectivity index (χ1v) is 18.5. The Kier molecular flexibility index (Phi) is 33.2. The highest BCUT2D eigenvalue weighted by Gasteiger charge is 2.11. The van der Waals surface area contributed by atoms with E-state index in [1.165, 1.54) is 103 Å². The Morgan fingerprint density at radius 3 is 1.56 bits per heavy atom. The number of carboxylic acid groups (broad SMARTS) is 1. The minimum Gasteiger partial charge on any atom is -0.481 e. The Morgan fingerprint density at radius 1 is 0.535 bits per heavy atom. The molecule has 0 heterocycles. The first-order chi connectivity index (χ1) is 21.1. The van der Waals surface area contributed by atoms with Crippen molar-refractivity contribution in [2.45, 2.75) is 200 Å². The fourth-order valence-corrected chi connectivity index (χ4v) is 5.31. The van der Waals surface area contributed by atoms with Gasteiger partial charge in [-0.2, -0.15) is 0 Å². The fraction of sp³-hybridized carbons (Fsp3) is 0.795. The minimum absolute atomic E-state index is 0.0761. The number of carbonyl (C=O) groups excluding carboxylic acids is 1. The monoisotopic (exact) mass is 603 g/mol. The van der Waals surface area contributed by atoms with E-state index >= 15 is 0 Å². The lowest BCUT2D eigenvalue weighted by atomic mass is 10.0. The number of carboxylic acids is 1. The smallest absolute Gasteiger partial charge is 0.306 e. The summed E-state index contributed by atoms with van der Waals surface area (Å²) in [6, 6.07) is 0. The Morgan fingerprint density at radius 2 is 1.02 bits per heavy atom. The lowest BCUT2D eigenvalue weighted by Crippen LogP contribution is -2.16. The van der Waals surface area contributed by atoms with Crippen LogP contribution in [-0.2, 0) is 14.3 Å². The van der Waals surface area contributed by atoms with Gasteiger partial charge < -0.3 is 9.84 Å². The highest BCUT2D eigenvalue weighted by molar-refractivity contribution is 5.69. The van der Waals surface area contributed by atoms with Gasteiger partial charge in [-0.1, -0.05) is 147 Å². The lowest BCUT2D eigenvalue weighted by molar-refractivity contribution is -0.147. The molecule has 1 atom stereocenters. The number of rotatable bonds is 33. The molecule has 0 spiro atoms. The summed E-state index contributed by atoms with van der Waals surface area (Å²) in [7, 11) is 0. The van der Waals surface area contributed by atoms with Crippen LogP contribution < -0.4 is 0 Å². The second-order valence-corrected chi connectivity index (χ2v) is 12.4. The van der Waals surface area contributed by atoms with Gasteiger partial charge in [-0.3, -0.25) is 9.59 Å². The molecule has 0 aliphatic heterocycles. The van der Waals surface area contributed by atoms with Crippen molar-refractivity contribution in [1.29, 1.82) is 0 Å². The number of ether oxygens (including phenoxy) is 1. The van der Waals surface area contributed by atoms with E-state index in [-0.39, 0.29) is 18.5 Å². The topological polar surface area (TPSA) is 63.6 Å². The van der Waals surface area contributed by atoms with E-state index in [1.54, 1.807) is 0 Å². The molecule has 250 valence electrons. The number of allylic oxidation sites excluding steroid dienone is 5. The van der Waals surface area contributed by atoms with Crippen molar-refractivity contribution in [3.8, 4) is 0 Å². The molecule has 0 aromatic heterocycles. The van der Waals surface area contributed by atoms with Gasteiger partial charge in [-0.15, -0.1) is 0 Å². The predicted octanol–water partition coefficient (Wildman–Crippen LogP) is 12.6. The lowest BCUT2D eigenvalue weighted by Gasteiger charge is -2.14. The van der Waals surface area contributed by atoms with Gasteiger partial charge in [0.2, 0.25) is 0 Å². The van der Waals surface area contributed by atoms with Crippen LogP contribution in [0.4, 0.5) is 0 Å². The van der Waals surface area contributed by atoms with Crippen LogP contribution in [0.15, 0.2) is 36.5 Å². The molecule has 43 heavy (non-hydrogen) atoms. The quantitative estimate of drug-likeness (QED) is 0.0461. The molecule has 0 aliphatic rings. The first kappa shape index (κ1) is 41.2. The molecular weight excluding hydrogens is 532 g/mol. The van der Waals surface area contributed by atoms with Crippen molar-refractivity contribution in [3.63, 3.8) is 0 Å². The molecule has 0 aromatic carbocycles. The standard InChI is InChI=1S/C39H70O4/c1-3-5-7-8-9-10-11-12-13-14-15-16-17-18-19-20-21-22-23-24-25-26-32-36-39(42)43-37(33-29-6-4-2)34-30-27-28-31-35-38(40)41/h11-12,14-15,29,33,37H,3-10,13,16-28,30-32,34-36H2,1-2H3,(H,40,41)/b12-11-,15-14-,33-29-. The van der Waals surface area contributed by atoms with Gasteiger partial charge in [0.1, 0.15) is 6.10 Å². The summed E-state index contributed by atoms with van der Waals surface area (Å²) in [5.74, 6) is -0.801. The van der Waals surface area contributed by atoms with Crippen molar-refractivity contribution >= 4 is 11.9 Å². The number of hydrogen-bond acceptors (Lipinski definition) is 3. The zero-order valence-corrected chi connectivity index (χ0v) is 28.5. The van der Waals surface area contributed by atoms with Crippen molar-refractivity contribution in [2.75, 3.05) is 0 Å². The Labute approximate surface area is 267 Å². The van der Waals surface area contributed by atoms with E-state index in [9.17, 15) is 9.59 Å². The van der Waals surface area contributed by atoms with E-state index in [2.05, 4.69) is 44.2 Å². The van der Waals surface area contributed by atoms with Crippen LogP contribution in [0.3, 0.4) is 0 Å². The zero-order chi connectivity index (χ0) is 31.5. The average molecular weight is 603 g/mol. The molecule has 0 saturated carbocycles. The van der Waals surface area contributed by atoms with E-state index in [4.69, 9.17) is 9.84 Å². The molecule has 4 heteroatoms. The first-order valence-electron chi connectivity index (χ1n) is 18.5. The summed E-state index contributed by atoms with van der Waals surface area (Å²) in [6.07, 6.45) is 45.0. The summed E-state index contributed by atoms with van der Waals surface area (Å²) in [6.45, 7) is 4.42. The summed E-state index contributed by atoms with van der Waals surface area (Å²) < 4.78 is 5.77. The van der Waals surface area contributed by atoms with Crippen LogP contribution in [0.5, 0.6) is 0 Å². The van der Waals surface area contributed by atoms with Crippen LogP contribution in [0.2, 0.25) is 0 Å². The summed E-state index contributed by atoms with van der Waals surface area (Å²) >= 11 is 0. The Bertz CT molecular complexity index is 693. The van der Waals surface area contributed by atoms with Gasteiger partial charge in [-0.25, -0.2) is 0 Å². The molecule has 0 radical (unpaired) electrons. The zero-order valence-electron chi connectivity index (χ0n) is 28.5. The highest BCUT2D eigenvalue weighted by Crippen LogP contribution is 2.15. The fourth-order valence-electron chi connectivity index (χ4n) is 5.31. The average Bonchev–Trinajstić information content (AvgIpc) is 2.99. The van der Waals surface area contributed by atoms with E-state index < -0.39 is 5.97 Å². The van der Waals surface area contributed by atoms with Gasteiger partial charge in [-0.05, 0) is 70.3 Å². The van der Waals surface area contributed by atoms with Crippen molar-refractivity contribution in [3.05, 3.63) is 36.5 Å². The van der Waals surface area contributed by atoms with Crippen LogP contribution in [-0.4, -0.2) is 23.1 Å². The maximum Gasteiger partial charge on any atom is 0.306 e. The minimum atomic E-state index is -0.725. The molecule has 0 aromatic rings. The SMILES string of the molecule is CCC/C=C\C(CCCCCCC(=O)O)OC(=O)CCCCCCCCCCCCC/C=C\C/C=C\CCCCCCC. The molecule has 0 aliphatic carbocycles. The van der Waals surface area contributed by atoms with E-state index in [0.717, 1.165) is 64.2 Å². The van der Waals surface area contributed by atoms with Gasteiger partial charge in [0.15, 0.2) is 0 Å². The number of unbranched alkanes of at least 4 members (excludes halogenated alkanes) is 20. The van der Waals surface area contributed by atoms with Crippen LogP contribution >= 0.6 is 0 Å². The van der Waals surface area contributed by atoms with Gasteiger partial charge in [0, 0.05) is 12.8 Å². The molecule has 0 amide bonds. The summed E-state index contributed by atoms with van der Waals surface area (Å²) in [5.41, 5.74) is 0. The third-order valence-corrected chi connectivity index (χ3v) is 8.05. The normalized spacial score (nSPS) is 12.6. The molecule has 1 N–H and O–H groups in total. The van der Waals surface area contributed by atoms with Gasteiger partial charge >= 0.3 is 11.9 Å². The molecule has 0 fully saturated rings. The maximum atomic E-state index is 12.4. The predicted molar refractivity (Wildman–Crippen MR) is 186 cm³/mol. The summed E-state index contributed by atoms with van der Waals surface area (Å²) in [4.78, 5) is 23.0. The second kappa shape index (κ2) is 34.6. The van der Waals surface area contributed by atoms with Gasteiger partial charge in [0.25, 0.3) is 0 Å². The molecule has 4 nitrogen and oxygen atoms in total. The highest BCUT2D eigenvalue weighted by atomic mass is 16.5. The van der Waals surface area contributed by atoms with Crippen molar-refractivity contribution in [2.24, 2.45) is 0 Å². The maximum absolute atomic E-state index is 12.4. The molecular formula is C39H70O4. The van der Waals surface area contributed by atoms with E-state index in [0.29, 0.717) is 6.42 Å². The number of carbonyl (C=O) groups is 2. The van der Waals surface area contributed by atoms with Crippen LogP contribution in [0, 0.1) is 0 Å². The van der Waals surface area contributed by atoms with Crippen LogP contribution in [0.25, 0.3) is 0 Å². The van der Waals surface area contributed by atoms with Crippen molar-refractivity contribution < 1.29 is 19.4 Å². The van der Waals surface area contributed by atoms with E-state index in [1.807, 2.05) is 6.08 Å². The Balaban J connectivity index is 3.61. The van der Waals surface area contributed by atoms with Gasteiger partial charge in [0.05, 0.1) is 0 Å². The number of hydrogen-bond donors (Lipinski definition) is 1. The number of aliphatic carboxylic acids is 1. The largest absolute Gasteiger partial charge is 0.481 e. The number of esters is 1. The van der Waals surface area contributed by atoms with Crippen molar-refractivity contribution in [1.82, 2.24) is 0 Å². The molecule has 1 unspecified atom stereocenters. The van der Waals surface area contributed by atoms with Crippen LogP contribution in [0.1, 0.15) is 194 Å².